The van der Waals surface area contributed by atoms with Crippen LogP contribution in [0.15, 0.2) is 0 Å². The van der Waals surface area contributed by atoms with E-state index in [1.165, 1.54) is 29.1 Å². The van der Waals surface area contributed by atoms with E-state index in [1.807, 2.05) is 0 Å². The molecule has 0 spiro atoms. The van der Waals surface area contributed by atoms with Crippen LogP contribution in [0.25, 0.3) is 0 Å². The SMILES string of the molecule is CC(C)C[CH]([AlH2])CC(C)C. The molecule has 0 aromatic rings. The van der Waals surface area contributed by atoms with Crippen molar-refractivity contribution in [1.82, 2.24) is 0 Å². The van der Waals surface area contributed by atoms with Crippen LogP contribution in [-0.2, 0) is 0 Å². The van der Waals surface area contributed by atoms with Crippen LogP contribution in [0.1, 0.15) is 40.5 Å². The lowest BCUT2D eigenvalue weighted by atomic mass is 10.0. The van der Waals surface area contributed by atoms with Crippen molar-refractivity contribution in [3.63, 3.8) is 0 Å². The number of rotatable bonds is 4. The number of hydrogen-bond donors (Lipinski definition) is 0. The zero-order chi connectivity index (χ0) is 8.15. The summed E-state index contributed by atoms with van der Waals surface area (Å²) < 4.78 is 1.06. The first kappa shape index (κ1) is 10.5. The quantitative estimate of drug-likeness (QED) is 0.549. The summed E-state index contributed by atoms with van der Waals surface area (Å²) in [6.45, 7) is 9.30. The molecule has 0 aromatic carbocycles. The Morgan fingerprint density at radius 3 is 1.40 bits per heavy atom. The molecule has 0 unspecified atom stereocenters. The van der Waals surface area contributed by atoms with Gasteiger partial charge in [-0.05, 0) is 11.8 Å². The van der Waals surface area contributed by atoms with E-state index in [1.54, 1.807) is 0 Å². The van der Waals surface area contributed by atoms with Gasteiger partial charge in [0, 0.05) is 0 Å². The van der Waals surface area contributed by atoms with Gasteiger partial charge in [0.15, 0.2) is 0 Å². The summed E-state index contributed by atoms with van der Waals surface area (Å²) in [4.78, 5) is 0. The standard InChI is InChI=1S/C9H19.Al.2H/c1-8(2)6-5-7-9(3)4;;;/h5,8-9H,6-7H2,1-4H3;;;. The van der Waals surface area contributed by atoms with Crippen LogP contribution in [-0.4, -0.2) is 16.3 Å². The molecule has 0 heterocycles. The molecule has 0 saturated heterocycles. The van der Waals surface area contributed by atoms with Crippen molar-refractivity contribution in [2.75, 3.05) is 0 Å². The van der Waals surface area contributed by atoms with E-state index in [9.17, 15) is 0 Å². The van der Waals surface area contributed by atoms with Gasteiger partial charge in [0.1, 0.15) is 0 Å². The summed E-state index contributed by atoms with van der Waals surface area (Å²) in [6, 6.07) is 0. The first-order valence-electron chi connectivity index (χ1n) is 4.52. The molecule has 0 saturated carbocycles. The van der Waals surface area contributed by atoms with Gasteiger partial charge in [-0.25, -0.2) is 0 Å². The Kier molecular flexibility index (Phi) is 5.50. The second kappa shape index (κ2) is 5.22. The first-order valence-corrected chi connectivity index (χ1v) is 5.67. The van der Waals surface area contributed by atoms with Crippen molar-refractivity contribution in [2.45, 2.75) is 45.3 Å². The summed E-state index contributed by atoms with van der Waals surface area (Å²) in [7, 11) is 0. The molecule has 0 N–H and O–H groups in total. The summed E-state index contributed by atoms with van der Waals surface area (Å²) in [5.74, 6) is 1.81. The van der Waals surface area contributed by atoms with Gasteiger partial charge in [-0.15, -0.1) is 0 Å². The number of hydrogen-bond acceptors (Lipinski definition) is 0. The van der Waals surface area contributed by atoms with Crippen molar-refractivity contribution in [3.8, 4) is 0 Å². The highest BCUT2D eigenvalue weighted by molar-refractivity contribution is 6.11. The van der Waals surface area contributed by atoms with Gasteiger partial charge < -0.3 is 0 Å². The molecular formula is C9H21Al. The fraction of sp³-hybridized carbons (Fsp3) is 1.00. The second-order valence-electron chi connectivity index (χ2n) is 4.36. The Morgan fingerprint density at radius 2 is 1.20 bits per heavy atom. The molecule has 60 valence electrons. The maximum Gasteiger partial charge on any atom is 0.216 e. The van der Waals surface area contributed by atoms with Crippen molar-refractivity contribution < 1.29 is 0 Å². The Labute approximate surface area is 73.8 Å². The van der Waals surface area contributed by atoms with Crippen LogP contribution in [0.4, 0.5) is 0 Å². The van der Waals surface area contributed by atoms with Gasteiger partial charge in [0.05, 0.1) is 0 Å². The molecule has 0 fully saturated rings. The van der Waals surface area contributed by atoms with Crippen LogP contribution < -0.4 is 0 Å². The van der Waals surface area contributed by atoms with Crippen LogP contribution in [0.2, 0.25) is 4.78 Å². The van der Waals surface area contributed by atoms with Crippen LogP contribution in [0, 0.1) is 11.8 Å². The van der Waals surface area contributed by atoms with Gasteiger partial charge >= 0.3 is 0 Å². The molecule has 0 nitrogen and oxygen atoms in total. The average molecular weight is 156 g/mol. The van der Waals surface area contributed by atoms with Crippen molar-refractivity contribution in [3.05, 3.63) is 0 Å². The lowest BCUT2D eigenvalue weighted by Crippen LogP contribution is -2.01. The van der Waals surface area contributed by atoms with E-state index < -0.39 is 0 Å². The lowest BCUT2D eigenvalue weighted by Gasteiger charge is -2.15. The summed E-state index contributed by atoms with van der Waals surface area (Å²) >= 11 is 1.38. The first-order chi connectivity index (χ1) is 4.52. The van der Waals surface area contributed by atoms with E-state index in [0.717, 1.165) is 16.6 Å². The third kappa shape index (κ3) is 6.65. The molecular weight excluding hydrogens is 135 g/mol. The minimum absolute atomic E-state index is 0.904. The highest BCUT2D eigenvalue weighted by Gasteiger charge is 2.06. The maximum atomic E-state index is 2.32. The monoisotopic (exact) mass is 156 g/mol. The van der Waals surface area contributed by atoms with Gasteiger partial charge in [0.2, 0.25) is 16.3 Å². The largest absolute Gasteiger partial charge is 0.216 e. The zero-order valence-corrected chi connectivity index (χ0v) is 10.1. The Balaban J connectivity index is 3.34. The van der Waals surface area contributed by atoms with Gasteiger partial charge in [-0.1, -0.05) is 45.3 Å². The molecule has 1 heteroatoms. The Bertz CT molecular complexity index is 66.8. The molecule has 10 heavy (non-hydrogen) atoms. The fourth-order valence-corrected chi connectivity index (χ4v) is 3.59. The lowest BCUT2D eigenvalue weighted by molar-refractivity contribution is 0.481. The predicted octanol–water partition coefficient (Wildman–Crippen LogP) is 2.50. The minimum atomic E-state index is 0.904. The van der Waals surface area contributed by atoms with E-state index in [-0.39, 0.29) is 0 Å². The maximum absolute atomic E-state index is 2.32. The van der Waals surface area contributed by atoms with Gasteiger partial charge in [0.25, 0.3) is 0 Å². The second-order valence-corrected chi connectivity index (χ2v) is 6.00. The topological polar surface area (TPSA) is 0 Å². The van der Waals surface area contributed by atoms with Crippen LogP contribution in [0.5, 0.6) is 0 Å². The third-order valence-corrected chi connectivity index (χ3v) is 2.69. The third-order valence-electron chi connectivity index (χ3n) is 1.75. The van der Waals surface area contributed by atoms with Crippen molar-refractivity contribution >= 4 is 16.3 Å². The van der Waals surface area contributed by atoms with Gasteiger partial charge in [-0.3, -0.25) is 0 Å². The predicted molar refractivity (Wildman–Crippen MR) is 51.2 cm³/mol. The Morgan fingerprint density at radius 1 is 0.900 bits per heavy atom. The summed E-state index contributed by atoms with van der Waals surface area (Å²) in [5, 5.41) is 0. The summed E-state index contributed by atoms with van der Waals surface area (Å²) in [6.07, 6.45) is 2.90. The molecule has 0 aliphatic heterocycles. The van der Waals surface area contributed by atoms with E-state index in [4.69, 9.17) is 0 Å². The molecule has 0 aliphatic rings. The smallest absolute Gasteiger partial charge is 0.0897 e. The van der Waals surface area contributed by atoms with E-state index >= 15 is 0 Å². The molecule has 0 aromatic heterocycles. The van der Waals surface area contributed by atoms with Crippen LogP contribution in [0.3, 0.4) is 0 Å². The molecule has 0 aliphatic carbocycles. The Hall–Kier alpha value is 0.532. The zero-order valence-electron chi connectivity index (χ0n) is 8.15. The molecule has 0 bridgehead atoms. The highest BCUT2D eigenvalue weighted by Crippen LogP contribution is 2.21. The summed E-state index contributed by atoms with van der Waals surface area (Å²) in [5.41, 5.74) is 0. The van der Waals surface area contributed by atoms with E-state index in [0.29, 0.717) is 0 Å². The fourth-order valence-electron chi connectivity index (χ4n) is 1.71. The van der Waals surface area contributed by atoms with Crippen molar-refractivity contribution in [1.29, 1.82) is 0 Å². The molecule has 0 atom stereocenters. The normalized spacial score (nSPS) is 11.9. The minimum Gasteiger partial charge on any atom is -0.0897 e. The molecule has 0 radical (unpaired) electrons. The average Bonchev–Trinajstić information content (AvgIpc) is 1.58. The molecule has 0 amide bonds. The van der Waals surface area contributed by atoms with Gasteiger partial charge in [-0.2, -0.15) is 0 Å². The van der Waals surface area contributed by atoms with E-state index in [2.05, 4.69) is 27.7 Å². The highest BCUT2D eigenvalue weighted by atomic mass is 27.0. The van der Waals surface area contributed by atoms with Crippen molar-refractivity contribution in [2.24, 2.45) is 11.8 Å². The van der Waals surface area contributed by atoms with Crippen LogP contribution >= 0.6 is 0 Å². The molecule has 0 rings (SSSR count).